The molecule has 1 aromatic rings. The molecule has 0 aliphatic heterocycles. The summed E-state index contributed by atoms with van der Waals surface area (Å²) in [5.74, 6) is -0.0391. The second-order valence-electron chi connectivity index (χ2n) is 4.20. The minimum Gasteiger partial charge on any atom is -0.394 e. The summed E-state index contributed by atoms with van der Waals surface area (Å²) in [5, 5.41) is 9.03. The van der Waals surface area contributed by atoms with E-state index in [9.17, 15) is 4.79 Å². The predicted molar refractivity (Wildman–Crippen MR) is 64.6 cm³/mol. The fraction of sp³-hybridized carbons (Fsp3) is 0.462. The van der Waals surface area contributed by atoms with E-state index in [0.29, 0.717) is 5.56 Å². The van der Waals surface area contributed by atoms with Crippen LogP contribution in [0.4, 0.5) is 0 Å². The number of aliphatic hydroxyl groups excluding tert-OH is 1. The van der Waals surface area contributed by atoms with Gasteiger partial charge in [0.2, 0.25) is 0 Å². The van der Waals surface area contributed by atoms with Crippen LogP contribution in [0.5, 0.6) is 0 Å². The molecule has 1 N–H and O–H groups in total. The fourth-order valence-corrected chi connectivity index (χ4v) is 1.50. The molecule has 0 fully saturated rings. The van der Waals surface area contributed by atoms with Crippen molar-refractivity contribution in [3.05, 3.63) is 34.9 Å². The van der Waals surface area contributed by atoms with Gasteiger partial charge in [0.05, 0.1) is 12.6 Å². The smallest absolute Gasteiger partial charge is 0.254 e. The number of carbonyl (C=O) groups is 1. The van der Waals surface area contributed by atoms with Gasteiger partial charge in [-0.1, -0.05) is 12.1 Å². The Balaban J connectivity index is 3.01. The number of hydrogen-bond acceptors (Lipinski definition) is 2. The molecule has 3 heteroatoms. The van der Waals surface area contributed by atoms with Gasteiger partial charge in [0.1, 0.15) is 0 Å². The number of aliphatic hydroxyl groups is 1. The van der Waals surface area contributed by atoms with Crippen LogP contribution in [0.15, 0.2) is 18.2 Å². The number of hydrogen-bond donors (Lipinski definition) is 1. The second-order valence-corrected chi connectivity index (χ2v) is 4.20. The molecule has 0 heterocycles. The van der Waals surface area contributed by atoms with Crippen molar-refractivity contribution in [1.82, 2.24) is 4.90 Å². The van der Waals surface area contributed by atoms with E-state index in [1.54, 1.807) is 11.9 Å². The molecule has 3 nitrogen and oxygen atoms in total. The van der Waals surface area contributed by atoms with Crippen LogP contribution in [0.3, 0.4) is 0 Å². The normalized spacial score (nSPS) is 12.3. The predicted octanol–water partition coefficient (Wildman–Crippen LogP) is 1.76. The summed E-state index contributed by atoms with van der Waals surface area (Å²) in [6, 6.07) is 5.53. The molecule has 0 aromatic heterocycles. The van der Waals surface area contributed by atoms with E-state index >= 15 is 0 Å². The van der Waals surface area contributed by atoms with Gasteiger partial charge in [-0.2, -0.15) is 0 Å². The van der Waals surface area contributed by atoms with Crippen molar-refractivity contribution in [2.75, 3.05) is 13.7 Å². The molecule has 0 saturated carbocycles. The molecule has 16 heavy (non-hydrogen) atoms. The molecule has 1 unspecified atom stereocenters. The van der Waals surface area contributed by atoms with E-state index < -0.39 is 0 Å². The molecule has 0 aliphatic rings. The lowest BCUT2D eigenvalue weighted by Crippen LogP contribution is -2.37. The maximum Gasteiger partial charge on any atom is 0.254 e. The van der Waals surface area contributed by atoms with Crippen molar-refractivity contribution in [2.24, 2.45) is 0 Å². The van der Waals surface area contributed by atoms with Crippen LogP contribution in [-0.4, -0.2) is 35.6 Å². The Hall–Kier alpha value is -1.35. The molecule has 0 bridgehead atoms. The van der Waals surface area contributed by atoms with Crippen molar-refractivity contribution >= 4 is 5.91 Å². The van der Waals surface area contributed by atoms with Gasteiger partial charge < -0.3 is 10.0 Å². The highest BCUT2D eigenvalue weighted by Crippen LogP contribution is 2.15. The summed E-state index contributed by atoms with van der Waals surface area (Å²) in [5.41, 5.74) is 2.82. The highest BCUT2D eigenvalue weighted by molar-refractivity contribution is 5.96. The first-order valence-corrected chi connectivity index (χ1v) is 5.43. The van der Waals surface area contributed by atoms with Crippen molar-refractivity contribution in [2.45, 2.75) is 26.8 Å². The first kappa shape index (κ1) is 12.7. The number of likely N-dealkylation sites (N-methyl/N-ethyl adjacent to an activating group) is 1. The van der Waals surface area contributed by atoms with Gasteiger partial charge in [0.15, 0.2) is 0 Å². The summed E-state index contributed by atoms with van der Waals surface area (Å²) in [6.07, 6.45) is 0. The lowest BCUT2D eigenvalue weighted by atomic mass is 10.0. The average molecular weight is 221 g/mol. The Morgan fingerprint density at radius 3 is 2.62 bits per heavy atom. The maximum absolute atomic E-state index is 12.1. The Labute approximate surface area is 96.7 Å². The number of aryl methyl sites for hydroxylation is 1. The Kier molecular flexibility index (Phi) is 4.07. The molecule has 0 radical (unpaired) electrons. The van der Waals surface area contributed by atoms with Crippen molar-refractivity contribution in [3.8, 4) is 0 Å². The van der Waals surface area contributed by atoms with Gasteiger partial charge in [-0.05, 0) is 38.0 Å². The zero-order chi connectivity index (χ0) is 12.3. The molecule has 88 valence electrons. The standard InChI is InChI=1S/C13H19NO2/c1-9-6-5-7-12(11(9)3)13(16)14(4)10(2)8-15/h5-7,10,15H,8H2,1-4H3. The topological polar surface area (TPSA) is 40.5 Å². The maximum atomic E-state index is 12.1. The van der Waals surface area contributed by atoms with E-state index in [-0.39, 0.29) is 18.6 Å². The van der Waals surface area contributed by atoms with Gasteiger partial charge in [0, 0.05) is 12.6 Å². The zero-order valence-corrected chi connectivity index (χ0v) is 10.3. The molecular formula is C13H19NO2. The van der Waals surface area contributed by atoms with Crippen molar-refractivity contribution in [1.29, 1.82) is 0 Å². The summed E-state index contributed by atoms with van der Waals surface area (Å²) < 4.78 is 0. The number of benzene rings is 1. The molecule has 1 aromatic carbocycles. The number of amides is 1. The molecule has 0 saturated heterocycles. The summed E-state index contributed by atoms with van der Waals surface area (Å²) in [4.78, 5) is 13.7. The Morgan fingerprint density at radius 2 is 2.06 bits per heavy atom. The number of rotatable bonds is 3. The average Bonchev–Trinajstić information content (AvgIpc) is 2.29. The molecular weight excluding hydrogens is 202 g/mol. The van der Waals surface area contributed by atoms with Crippen LogP contribution in [-0.2, 0) is 0 Å². The van der Waals surface area contributed by atoms with Crippen LogP contribution >= 0.6 is 0 Å². The van der Waals surface area contributed by atoms with Crippen LogP contribution < -0.4 is 0 Å². The number of nitrogens with zero attached hydrogens (tertiary/aromatic N) is 1. The van der Waals surface area contributed by atoms with Gasteiger partial charge in [0.25, 0.3) is 5.91 Å². The van der Waals surface area contributed by atoms with E-state index in [0.717, 1.165) is 11.1 Å². The minimum atomic E-state index is -0.160. The lowest BCUT2D eigenvalue weighted by molar-refractivity contribution is 0.0681. The quantitative estimate of drug-likeness (QED) is 0.845. The third kappa shape index (κ3) is 2.42. The highest BCUT2D eigenvalue weighted by atomic mass is 16.3. The van der Waals surface area contributed by atoms with Crippen LogP contribution in [0.2, 0.25) is 0 Å². The third-order valence-corrected chi connectivity index (χ3v) is 3.08. The zero-order valence-electron chi connectivity index (χ0n) is 10.3. The van der Waals surface area contributed by atoms with Gasteiger partial charge in [-0.3, -0.25) is 4.79 Å². The monoisotopic (exact) mass is 221 g/mol. The molecule has 0 spiro atoms. The highest BCUT2D eigenvalue weighted by Gasteiger charge is 2.18. The van der Waals surface area contributed by atoms with Crippen molar-refractivity contribution in [3.63, 3.8) is 0 Å². The van der Waals surface area contributed by atoms with Crippen molar-refractivity contribution < 1.29 is 9.90 Å². The molecule has 1 atom stereocenters. The summed E-state index contributed by atoms with van der Waals surface area (Å²) in [7, 11) is 1.71. The second kappa shape index (κ2) is 5.12. The van der Waals surface area contributed by atoms with Crippen LogP contribution in [0.1, 0.15) is 28.4 Å². The van der Waals surface area contributed by atoms with E-state index in [1.165, 1.54) is 0 Å². The first-order valence-electron chi connectivity index (χ1n) is 5.43. The first-order chi connectivity index (χ1) is 7.49. The Morgan fingerprint density at radius 1 is 1.44 bits per heavy atom. The van der Waals surface area contributed by atoms with Gasteiger partial charge >= 0.3 is 0 Å². The summed E-state index contributed by atoms with van der Waals surface area (Å²) in [6.45, 7) is 5.73. The third-order valence-electron chi connectivity index (χ3n) is 3.08. The number of carbonyl (C=O) groups excluding carboxylic acids is 1. The van der Waals surface area contributed by atoms with E-state index in [4.69, 9.17) is 5.11 Å². The van der Waals surface area contributed by atoms with E-state index in [2.05, 4.69) is 0 Å². The lowest BCUT2D eigenvalue weighted by Gasteiger charge is -2.24. The minimum absolute atomic E-state index is 0.0207. The largest absolute Gasteiger partial charge is 0.394 e. The van der Waals surface area contributed by atoms with Gasteiger partial charge in [-0.25, -0.2) is 0 Å². The van der Waals surface area contributed by atoms with Crippen LogP contribution in [0, 0.1) is 13.8 Å². The molecule has 0 aliphatic carbocycles. The fourth-order valence-electron chi connectivity index (χ4n) is 1.50. The Bertz CT molecular complexity index is 388. The van der Waals surface area contributed by atoms with Gasteiger partial charge in [-0.15, -0.1) is 0 Å². The van der Waals surface area contributed by atoms with E-state index in [1.807, 2.05) is 39.0 Å². The summed E-state index contributed by atoms with van der Waals surface area (Å²) >= 11 is 0. The SMILES string of the molecule is Cc1cccc(C(=O)N(C)C(C)CO)c1C. The molecule has 1 rings (SSSR count). The van der Waals surface area contributed by atoms with Crippen LogP contribution in [0.25, 0.3) is 0 Å². The molecule has 1 amide bonds.